The van der Waals surface area contributed by atoms with Crippen LogP contribution in [0.3, 0.4) is 0 Å². The van der Waals surface area contributed by atoms with Crippen molar-refractivity contribution in [3.8, 4) is 11.1 Å². The highest BCUT2D eigenvalue weighted by atomic mass is 32.1. The van der Waals surface area contributed by atoms with Crippen molar-refractivity contribution in [2.75, 3.05) is 13.7 Å². The monoisotopic (exact) mass is 391 g/mol. The number of carbonyl (C=O) groups is 2. The summed E-state index contributed by atoms with van der Waals surface area (Å²) in [7, 11) is 1.35. The topological polar surface area (TPSA) is 79.5 Å². The van der Waals surface area contributed by atoms with Gasteiger partial charge in [0.1, 0.15) is 4.88 Å². The number of hydrogen-bond acceptors (Lipinski definition) is 5. The number of methoxy groups -OCH3 is 1. The maximum absolute atomic E-state index is 12.4. The molecule has 0 aliphatic rings. The first kappa shape index (κ1) is 19.9. The van der Waals surface area contributed by atoms with E-state index in [-0.39, 0.29) is 17.0 Å². The number of rotatable bonds is 6. The smallest absolute Gasteiger partial charge is 0.305 e. The molecule has 0 fully saturated rings. The lowest BCUT2D eigenvalue weighted by Crippen LogP contribution is -2.46. The number of aryl methyl sites for hydroxylation is 1. The van der Waals surface area contributed by atoms with E-state index in [4.69, 9.17) is 12.2 Å². The molecule has 0 aliphatic heterocycles. The van der Waals surface area contributed by atoms with E-state index in [9.17, 15) is 9.59 Å². The Labute approximate surface area is 161 Å². The maximum atomic E-state index is 12.4. The van der Waals surface area contributed by atoms with Gasteiger partial charge in [0.25, 0.3) is 5.91 Å². The van der Waals surface area contributed by atoms with Crippen LogP contribution in [-0.2, 0) is 9.53 Å². The standard InChI is InChI=1S/C18H21N3O3S2/c1-12-5-7-13(8-6-12)14-9-11-26-16(14)17(23)20-21-18(25)19-10-3-4-15(22)24-2/h5-9,11H,3-4,10H2,1-2H3,(H,20,23)(H2,19,21,25). The first-order chi connectivity index (χ1) is 12.5. The van der Waals surface area contributed by atoms with Crippen molar-refractivity contribution in [1.82, 2.24) is 16.2 Å². The van der Waals surface area contributed by atoms with Crippen molar-refractivity contribution in [3.63, 3.8) is 0 Å². The van der Waals surface area contributed by atoms with Crippen LogP contribution < -0.4 is 16.2 Å². The lowest BCUT2D eigenvalue weighted by molar-refractivity contribution is -0.140. The van der Waals surface area contributed by atoms with Crippen LogP contribution in [0.25, 0.3) is 11.1 Å². The molecular weight excluding hydrogens is 370 g/mol. The molecular formula is C18H21N3O3S2. The van der Waals surface area contributed by atoms with E-state index in [0.29, 0.717) is 24.3 Å². The first-order valence-corrected chi connectivity index (χ1v) is 9.35. The predicted octanol–water partition coefficient (Wildman–Crippen LogP) is 2.79. The summed E-state index contributed by atoms with van der Waals surface area (Å²) in [5.41, 5.74) is 8.30. The summed E-state index contributed by atoms with van der Waals surface area (Å²) in [5.74, 6) is -0.519. The SMILES string of the molecule is COC(=O)CCCNC(=S)NNC(=O)c1sccc1-c1ccc(C)cc1. The van der Waals surface area contributed by atoms with Crippen molar-refractivity contribution in [2.45, 2.75) is 19.8 Å². The highest BCUT2D eigenvalue weighted by Gasteiger charge is 2.14. The Morgan fingerprint density at radius 2 is 1.88 bits per heavy atom. The number of hydrazine groups is 1. The number of esters is 1. The minimum Gasteiger partial charge on any atom is -0.469 e. The van der Waals surface area contributed by atoms with Gasteiger partial charge >= 0.3 is 5.97 Å². The van der Waals surface area contributed by atoms with E-state index >= 15 is 0 Å². The Hall–Kier alpha value is -2.45. The highest BCUT2D eigenvalue weighted by Crippen LogP contribution is 2.28. The van der Waals surface area contributed by atoms with Crippen LogP contribution in [0.15, 0.2) is 35.7 Å². The van der Waals surface area contributed by atoms with Crippen molar-refractivity contribution >= 4 is 40.5 Å². The molecule has 2 aromatic rings. The van der Waals surface area contributed by atoms with E-state index in [1.807, 2.05) is 42.6 Å². The molecule has 26 heavy (non-hydrogen) atoms. The molecule has 0 spiro atoms. The lowest BCUT2D eigenvalue weighted by atomic mass is 10.1. The number of carbonyl (C=O) groups excluding carboxylic acids is 2. The molecule has 3 N–H and O–H groups in total. The molecule has 0 saturated carbocycles. The van der Waals surface area contributed by atoms with Gasteiger partial charge in [-0.2, -0.15) is 0 Å². The van der Waals surface area contributed by atoms with Crippen LogP contribution in [0.2, 0.25) is 0 Å². The molecule has 0 radical (unpaired) electrons. The van der Waals surface area contributed by atoms with E-state index in [1.54, 1.807) is 0 Å². The van der Waals surface area contributed by atoms with Gasteiger partial charge in [-0.25, -0.2) is 0 Å². The zero-order valence-electron chi connectivity index (χ0n) is 14.6. The number of thiocarbonyl (C=S) groups is 1. The molecule has 6 nitrogen and oxygen atoms in total. The Kier molecular flexibility index (Phi) is 7.55. The number of ether oxygens (including phenoxy) is 1. The van der Waals surface area contributed by atoms with Gasteiger partial charge in [0.2, 0.25) is 0 Å². The molecule has 0 atom stereocenters. The zero-order valence-corrected chi connectivity index (χ0v) is 16.3. The van der Waals surface area contributed by atoms with Gasteiger partial charge in [-0.15, -0.1) is 11.3 Å². The van der Waals surface area contributed by atoms with Crippen LogP contribution in [0.1, 0.15) is 28.1 Å². The average molecular weight is 392 g/mol. The van der Waals surface area contributed by atoms with Crippen LogP contribution >= 0.6 is 23.6 Å². The molecule has 1 aromatic heterocycles. The summed E-state index contributed by atoms with van der Waals surface area (Å²) in [6.45, 7) is 2.53. The normalized spacial score (nSPS) is 10.1. The quantitative estimate of drug-likeness (QED) is 0.304. The van der Waals surface area contributed by atoms with E-state index < -0.39 is 0 Å². The molecule has 1 heterocycles. The number of benzene rings is 1. The summed E-state index contributed by atoms with van der Waals surface area (Å²) in [6.07, 6.45) is 0.901. The Bertz CT molecular complexity index is 772. The third kappa shape index (κ3) is 5.82. The molecule has 1 amide bonds. The van der Waals surface area contributed by atoms with E-state index in [1.165, 1.54) is 24.0 Å². The van der Waals surface area contributed by atoms with E-state index in [0.717, 1.165) is 11.1 Å². The molecule has 0 aliphatic carbocycles. The van der Waals surface area contributed by atoms with Crippen molar-refractivity contribution in [1.29, 1.82) is 0 Å². The highest BCUT2D eigenvalue weighted by molar-refractivity contribution is 7.80. The summed E-state index contributed by atoms with van der Waals surface area (Å²) in [6, 6.07) is 9.94. The first-order valence-electron chi connectivity index (χ1n) is 8.07. The Morgan fingerprint density at radius 3 is 2.58 bits per heavy atom. The van der Waals surface area contributed by atoms with Crippen molar-refractivity contribution in [3.05, 3.63) is 46.2 Å². The molecule has 138 valence electrons. The van der Waals surface area contributed by atoms with Gasteiger partial charge in [0, 0.05) is 18.5 Å². The fourth-order valence-electron chi connectivity index (χ4n) is 2.20. The summed E-state index contributed by atoms with van der Waals surface area (Å²) < 4.78 is 4.56. The predicted molar refractivity (Wildman–Crippen MR) is 107 cm³/mol. The van der Waals surface area contributed by atoms with E-state index in [2.05, 4.69) is 20.9 Å². The van der Waals surface area contributed by atoms with Gasteiger partial charge in [-0.1, -0.05) is 29.8 Å². The lowest BCUT2D eigenvalue weighted by Gasteiger charge is -2.11. The molecule has 0 saturated heterocycles. The third-order valence-electron chi connectivity index (χ3n) is 3.59. The van der Waals surface area contributed by atoms with Crippen LogP contribution in [0, 0.1) is 6.92 Å². The fraction of sp³-hybridized carbons (Fsp3) is 0.278. The number of thiophene rings is 1. The minimum absolute atomic E-state index is 0.255. The maximum Gasteiger partial charge on any atom is 0.305 e. The van der Waals surface area contributed by atoms with Crippen LogP contribution in [0.4, 0.5) is 0 Å². The summed E-state index contributed by atoms with van der Waals surface area (Å²) in [5, 5.41) is 5.09. The third-order valence-corrected chi connectivity index (χ3v) is 4.75. The van der Waals surface area contributed by atoms with Crippen molar-refractivity contribution in [2.24, 2.45) is 0 Å². The minimum atomic E-state index is -0.264. The van der Waals surface area contributed by atoms with Gasteiger partial charge in [-0.05, 0) is 42.6 Å². The molecule has 2 rings (SSSR count). The molecule has 8 heteroatoms. The molecule has 0 bridgehead atoms. The van der Waals surface area contributed by atoms with Gasteiger partial charge in [0.05, 0.1) is 7.11 Å². The largest absolute Gasteiger partial charge is 0.469 e. The second kappa shape index (κ2) is 9.88. The number of nitrogens with one attached hydrogen (secondary N) is 3. The zero-order chi connectivity index (χ0) is 18.9. The fourth-order valence-corrected chi connectivity index (χ4v) is 3.16. The second-order valence-electron chi connectivity index (χ2n) is 5.54. The summed E-state index contributed by atoms with van der Waals surface area (Å²) >= 11 is 6.47. The Balaban J connectivity index is 1.83. The van der Waals surface area contributed by atoms with Crippen molar-refractivity contribution < 1.29 is 14.3 Å². The van der Waals surface area contributed by atoms with Gasteiger partial charge in [0.15, 0.2) is 5.11 Å². The van der Waals surface area contributed by atoms with Crippen LogP contribution in [0.5, 0.6) is 0 Å². The van der Waals surface area contributed by atoms with Gasteiger partial charge < -0.3 is 10.1 Å². The second-order valence-corrected chi connectivity index (χ2v) is 6.87. The van der Waals surface area contributed by atoms with Gasteiger partial charge in [-0.3, -0.25) is 20.4 Å². The Morgan fingerprint density at radius 1 is 1.15 bits per heavy atom. The molecule has 1 aromatic carbocycles. The molecule has 0 unspecified atom stereocenters. The van der Waals surface area contributed by atoms with Crippen LogP contribution in [-0.4, -0.2) is 30.6 Å². The average Bonchev–Trinajstić information content (AvgIpc) is 3.13. The number of amides is 1. The number of hydrogen-bond donors (Lipinski definition) is 3. The summed E-state index contributed by atoms with van der Waals surface area (Å²) in [4.78, 5) is 24.0.